The van der Waals surface area contributed by atoms with E-state index >= 15 is 0 Å². The normalized spacial score (nSPS) is 14.4. The highest BCUT2D eigenvalue weighted by atomic mass is 16.5. The van der Waals surface area contributed by atoms with Gasteiger partial charge in [-0.25, -0.2) is 19.3 Å². The number of ether oxygens (including phenoxy) is 1. The topological polar surface area (TPSA) is 105 Å². The van der Waals surface area contributed by atoms with E-state index in [9.17, 15) is 9.90 Å². The van der Waals surface area contributed by atoms with Crippen molar-refractivity contribution < 1.29 is 9.84 Å². The average molecular weight is 281 g/mol. The lowest BCUT2D eigenvalue weighted by atomic mass is 10.0. The minimum Gasteiger partial charge on any atom is -0.388 e. The predicted octanol–water partition coefficient (Wildman–Crippen LogP) is -0.0746. The molecule has 1 unspecified atom stereocenters. The smallest absolute Gasteiger partial charge is 0.349 e. The van der Waals surface area contributed by atoms with Gasteiger partial charge in [0.15, 0.2) is 5.65 Å². The molecule has 0 fully saturated rings. The highest BCUT2D eigenvalue weighted by Crippen LogP contribution is 2.13. The molecule has 0 aliphatic heterocycles. The highest BCUT2D eigenvalue weighted by molar-refractivity contribution is 5.49. The van der Waals surface area contributed by atoms with Crippen molar-refractivity contribution in [1.82, 2.24) is 19.6 Å². The number of aromatic amines is 1. The summed E-state index contributed by atoms with van der Waals surface area (Å²) in [6, 6.07) is 1.65. The number of aromatic nitrogens is 4. The molecule has 0 saturated carbocycles. The summed E-state index contributed by atoms with van der Waals surface area (Å²) in [5.41, 5.74) is -0.728. The zero-order chi connectivity index (χ0) is 14.8. The van der Waals surface area contributed by atoms with Gasteiger partial charge in [0.2, 0.25) is 0 Å². The lowest BCUT2D eigenvalue weighted by Crippen LogP contribution is -2.35. The van der Waals surface area contributed by atoms with E-state index in [1.807, 2.05) is 0 Å². The van der Waals surface area contributed by atoms with Crippen LogP contribution in [-0.4, -0.2) is 50.6 Å². The number of rotatable bonds is 6. The van der Waals surface area contributed by atoms with Crippen molar-refractivity contribution in [2.45, 2.75) is 25.9 Å². The lowest BCUT2D eigenvalue weighted by molar-refractivity contribution is 0.0357. The summed E-state index contributed by atoms with van der Waals surface area (Å²) in [4.78, 5) is 15.7. The molecule has 0 radical (unpaired) electrons. The van der Waals surface area contributed by atoms with Crippen LogP contribution in [0, 0.1) is 6.92 Å². The van der Waals surface area contributed by atoms with Crippen LogP contribution in [0.5, 0.6) is 0 Å². The van der Waals surface area contributed by atoms with E-state index in [4.69, 9.17) is 4.74 Å². The summed E-state index contributed by atoms with van der Waals surface area (Å²) in [7, 11) is 1.59. The van der Waals surface area contributed by atoms with Crippen molar-refractivity contribution in [3.8, 4) is 0 Å². The van der Waals surface area contributed by atoms with Gasteiger partial charge in [0.1, 0.15) is 11.6 Å². The molecule has 3 N–H and O–H groups in total. The maximum Gasteiger partial charge on any atom is 0.349 e. The Hall–Kier alpha value is -1.93. The molecule has 0 aliphatic carbocycles. The molecular weight excluding hydrogens is 262 g/mol. The van der Waals surface area contributed by atoms with Crippen LogP contribution >= 0.6 is 0 Å². The number of H-pyrrole nitrogens is 1. The third-order valence-corrected chi connectivity index (χ3v) is 3.07. The molecule has 2 aromatic rings. The van der Waals surface area contributed by atoms with E-state index in [2.05, 4.69) is 20.5 Å². The minimum absolute atomic E-state index is 0.316. The molecule has 0 aliphatic rings. The van der Waals surface area contributed by atoms with Crippen molar-refractivity contribution in [1.29, 1.82) is 0 Å². The molecule has 0 amide bonds. The number of aliphatic hydroxyl groups is 1. The molecule has 0 spiro atoms. The number of hydrogen-bond donors (Lipinski definition) is 3. The van der Waals surface area contributed by atoms with Crippen molar-refractivity contribution >= 4 is 11.5 Å². The van der Waals surface area contributed by atoms with Gasteiger partial charge in [-0.15, -0.1) is 0 Å². The van der Waals surface area contributed by atoms with Gasteiger partial charge in [-0.2, -0.15) is 5.10 Å². The number of hydrogen-bond acceptors (Lipinski definition) is 6. The van der Waals surface area contributed by atoms with Crippen molar-refractivity contribution in [2.75, 3.05) is 25.6 Å². The Morgan fingerprint density at radius 2 is 2.35 bits per heavy atom. The van der Waals surface area contributed by atoms with E-state index in [0.717, 1.165) is 0 Å². The van der Waals surface area contributed by atoms with E-state index < -0.39 is 5.60 Å². The Bertz CT molecular complexity index is 646. The third kappa shape index (κ3) is 3.14. The highest BCUT2D eigenvalue weighted by Gasteiger charge is 2.20. The van der Waals surface area contributed by atoms with Gasteiger partial charge in [-0.3, -0.25) is 0 Å². The molecule has 8 nitrogen and oxygen atoms in total. The summed E-state index contributed by atoms with van der Waals surface area (Å²) in [6.07, 6.45) is 0.513. The predicted molar refractivity (Wildman–Crippen MR) is 74.0 cm³/mol. The number of aryl methyl sites for hydroxylation is 1. The number of methoxy groups -OCH3 is 1. The van der Waals surface area contributed by atoms with Crippen LogP contribution in [0.2, 0.25) is 0 Å². The summed E-state index contributed by atoms with van der Waals surface area (Å²) < 4.78 is 6.34. The molecule has 2 heterocycles. The standard InChI is InChI=1S/C12H19N5O3/c1-8-14-9(6-10-15-16-11(18)17(8)10)13-7-12(2,19)4-5-20-3/h6,13,19H,4-5,7H2,1-3H3,(H,16,18). The second kappa shape index (κ2) is 5.59. The Morgan fingerprint density at radius 3 is 3.05 bits per heavy atom. The van der Waals surface area contributed by atoms with Crippen LogP contribution < -0.4 is 11.0 Å². The summed E-state index contributed by atoms with van der Waals surface area (Å²) >= 11 is 0. The van der Waals surface area contributed by atoms with Gasteiger partial charge in [-0.05, 0) is 13.8 Å². The monoisotopic (exact) mass is 281 g/mol. The fourth-order valence-corrected chi connectivity index (χ4v) is 1.88. The van der Waals surface area contributed by atoms with Crippen molar-refractivity contribution in [3.63, 3.8) is 0 Å². The Labute approximate surface area is 115 Å². The minimum atomic E-state index is -0.900. The molecule has 0 saturated heterocycles. The largest absolute Gasteiger partial charge is 0.388 e. The average Bonchev–Trinajstić information content (AvgIpc) is 2.76. The van der Waals surface area contributed by atoms with E-state index in [1.165, 1.54) is 4.40 Å². The third-order valence-electron chi connectivity index (χ3n) is 3.07. The number of anilines is 1. The molecule has 20 heavy (non-hydrogen) atoms. The molecule has 0 aromatic carbocycles. The fraction of sp³-hybridized carbons (Fsp3) is 0.583. The molecule has 2 aromatic heterocycles. The molecule has 2 rings (SSSR count). The summed E-state index contributed by atoms with van der Waals surface area (Å²) in [6.45, 7) is 4.25. The van der Waals surface area contributed by atoms with Gasteiger partial charge in [0, 0.05) is 32.7 Å². The van der Waals surface area contributed by atoms with Crippen LogP contribution in [0.3, 0.4) is 0 Å². The lowest BCUT2D eigenvalue weighted by Gasteiger charge is -2.23. The zero-order valence-corrected chi connectivity index (χ0v) is 11.8. The Morgan fingerprint density at radius 1 is 1.60 bits per heavy atom. The quantitative estimate of drug-likeness (QED) is 0.684. The van der Waals surface area contributed by atoms with Gasteiger partial charge in [-0.1, -0.05) is 0 Å². The van der Waals surface area contributed by atoms with Crippen LogP contribution in [-0.2, 0) is 4.74 Å². The van der Waals surface area contributed by atoms with Crippen LogP contribution in [0.4, 0.5) is 5.82 Å². The first-order valence-electron chi connectivity index (χ1n) is 6.33. The van der Waals surface area contributed by atoms with Gasteiger partial charge in [0.25, 0.3) is 0 Å². The summed E-state index contributed by atoms with van der Waals surface area (Å²) in [5, 5.41) is 19.5. The zero-order valence-electron chi connectivity index (χ0n) is 11.8. The van der Waals surface area contributed by atoms with Crippen LogP contribution in [0.15, 0.2) is 10.9 Å². The molecular formula is C12H19N5O3. The molecule has 1 atom stereocenters. The molecule has 0 bridgehead atoms. The van der Waals surface area contributed by atoms with Crippen molar-refractivity contribution in [2.24, 2.45) is 0 Å². The maximum atomic E-state index is 11.5. The molecule has 110 valence electrons. The first-order chi connectivity index (χ1) is 9.43. The Balaban J connectivity index is 2.12. The number of nitrogens with zero attached hydrogens (tertiary/aromatic N) is 3. The maximum absolute atomic E-state index is 11.5. The van der Waals surface area contributed by atoms with E-state index in [-0.39, 0.29) is 5.69 Å². The fourth-order valence-electron chi connectivity index (χ4n) is 1.88. The van der Waals surface area contributed by atoms with Crippen molar-refractivity contribution in [3.05, 3.63) is 22.4 Å². The SMILES string of the molecule is COCCC(C)(O)CNc1cc2n[nH]c(=O)n2c(C)n1. The first-order valence-corrected chi connectivity index (χ1v) is 6.33. The van der Waals surface area contributed by atoms with E-state index in [0.29, 0.717) is 36.9 Å². The number of fused-ring (bicyclic) bond motifs is 1. The summed E-state index contributed by atoms with van der Waals surface area (Å²) in [5.74, 6) is 1.09. The van der Waals surface area contributed by atoms with Crippen LogP contribution in [0.25, 0.3) is 5.65 Å². The second-order valence-corrected chi connectivity index (χ2v) is 5.00. The molecule has 8 heteroatoms. The van der Waals surface area contributed by atoms with Crippen LogP contribution in [0.1, 0.15) is 19.2 Å². The van der Waals surface area contributed by atoms with Gasteiger partial charge >= 0.3 is 5.69 Å². The number of nitrogens with one attached hydrogen (secondary N) is 2. The first kappa shape index (κ1) is 14.5. The Kier molecular flexibility index (Phi) is 4.05. The van der Waals surface area contributed by atoms with Gasteiger partial charge < -0.3 is 15.2 Å². The van der Waals surface area contributed by atoms with E-state index in [1.54, 1.807) is 27.0 Å². The van der Waals surface area contributed by atoms with Gasteiger partial charge in [0.05, 0.1) is 5.60 Å². The second-order valence-electron chi connectivity index (χ2n) is 5.00.